The molecule has 1 aromatic rings. The Bertz CT molecular complexity index is 990. The first kappa shape index (κ1) is 22.8. The molecule has 4 rings (SSSR count). The Labute approximate surface area is 190 Å². The summed E-state index contributed by atoms with van der Waals surface area (Å²) in [4.78, 5) is 53.5. The fraction of sp³-hybridized carbons (Fsp3) is 0.591. The lowest BCUT2D eigenvalue weighted by molar-refractivity contribution is -0.386. The highest BCUT2D eigenvalue weighted by atomic mass is 16.6. The van der Waals surface area contributed by atoms with E-state index in [4.69, 9.17) is 14.2 Å². The fourth-order valence-corrected chi connectivity index (χ4v) is 5.42. The van der Waals surface area contributed by atoms with Crippen LogP contribution in [-0.4, -0.2) is 66.0 Å². The SMILES string of the molecule is COC(=O)C1CC2C(=O)N(C3CCCCC3)C(=O)N2C1c1cc(OC)c(OC)cc1[N+](=O)[O-]. The second kappa shape index (κ2) is 8.87. The van der Waals surface area contributed by atoms with Gasteiger partial charge in [-0.25, -0.2) is 4.79 Å². The third kappa shape index (κ3) is 3.65. The maximum absolute atomic E-state index is 13.5. The lowest BCUT2D eigenvalue weighted by atomic mass is 9.90. The van der Waals surface area contributed by atoms with Gasteiger partial charge in [-0.3, -0.25) is 24.6 Å². The number of hydrogen-bond acceptors (Lipinski definition) is 8. The minimum absolute atomic E-state index is 0.0383. The van der Waals surface area contributed by atoms with E-state index in [1.807, 2.05) is 0 Å². The first-order valence-corrected chi connectivity index (χ1v) is 11.0. The second-order valence-electron chi connectivity index (χ2n) is 8.54. The van der Waals surface area contributed by atoms with E-state index < -0.39 is 34.9 Å². The van der Waals surface area contributed by atoms with E-state index in [2.05, 4.69) is 0 Å². The number of rotatable bonds is 6. The van der Waals surface area contributed by atoms with Crippen LogP contribution in [0, 0.1) is 16.0 Å². The van der Waals surface area contributed by atoms with E-state index in [0.717, 1.165) is 32.1 Å². The molecule has 0 N–H and O–H groups in total. The van der Waals surface area contributed by atoms with E-state index >= 15 is 0 Å². The zero-order valence-electron chi connectivity index (χ0n) is 18.8. The average molecular weight is 461 g/mol. The van der Waals surface area contributed by atoms with Crippen molar-refractivity contribution >= 4 is 23.6 Å². The molecule has 11 heteroatoms. The Morgan fingerprint density at radius 3 is 2.27 bits per heavy atom. The molecule has 3 fully saturated rings. The number of hydrogen-bond donors (Lipinski definition) is 0. The fourth-order valence-electron chi connectivity index (χ4n) is 5.42. The number of benzene rings is 1. The van der Waals surface area contributed by atoms with Crippen molar-refractivity contribution < 1.29 is 33.5 Å². The van der Waals surface area contributed by atoms with Gasteiger partial charge in [0.15, 0.2) is 11.5 Å². The molecule has 1 aromatic carbocycles. The minimum Gasteiger partial charge on any atom is -0.493 e. The molecule has 1 saturated carbocycles. The molecule has 33 heavy (non-hydrogen) atoms. The number of ether oxygens (including phenoxy) is 3. The van der Waals surface area contributed by atoms with Gasteiger partial charge in [0.05, 0.1) is 49.8 Å². The van der Waals surface area contributed by atoms with E-state index in [9.17, 15) is 24.5 Å². The quantitative estimate of drug-likeness (QED) is 0.274. The second-order valence-corrected chi connectivity index (χ2v) is 8.54. The zero-order chi connectivity index (χ0) is 23.9. The Hall–Kier alpha value is -3.37. The van der Waals surface area contributed by atoms with Crippen LogP contribution in [0.4, 0.5) is 10.5 Å². The number of nitro benzene ring substituents is 1. The van der Waals surface area contributed by atoms with Crippen molar-refractivity contribution in [1.82, 2.24) is 9.80 Å². The third-order valence-corrected chi connectivity index (χ3v) is 6.94. The van der Waals surface area contributed by atoms with Gasteiger partial charge in [0.25, 0.3) is 11.6 Å². The monoisotopic (exact) mass is 461 g/mol. The summed E-state index contributed by atoms with van der Waals surface area (Å²) in [5, 5.41) is 12.0. The van der Waals surface area contributed by atoms with E-state index in [-0.39, 0.29) is 41.1 Å². The van der Waals surface area contributed by atoms with Gasteiger partial charge in [0.2, 0.25) is 0 Å². The number of imide groups is 1. The van der Waals surface area contributed by atoms with E-state index in [1.165, 1.54) is 43.3 Å². The maximum atomic E-state index is 13.5. The smallest absolute Gasteiger partial charge is 0.328 e. The van der Waals surface area contributed by atoms with Crippen LogP contribution in [-0.2, 0) is 14.3 Å². The number of fused-ring (bicyclic) bond motifs is 1. The number of carbonyl (C=O) groups is 3. The van der Waals surface area contributed by atoms with Crippen LogP contribution in [0.2, 0.25) is 0 Å². The van der Waals surface area contributed by atoms with Gasteiger partial charge in [0.1, 0.15) is 6.04 Å². The summed E-state index contributed by atoms with van der Waals surface area (Å²) in [6.07, 6.45) is 4.43. The molecule has 0 radical (unpaired) electrons. The number of carbonyl (C=O) groups excluding carboxylic acids is 3. The predicted molar refractivity (Wildman–Crippen MR) is 114 cm³/mol. The molecular formula is C22H27N3O8. The standard InChI is InChI=1S/C22H27N3O8/c1-31-17-10-13(15(25(29)30)11-18(17)32-2)19-14(21(27)33-3)9-16-20(26)23(22(28)24(16)19)12-7-5-4-6-8-12/h10-12,14,16,19H,4-9H2,1-3H3. The molecule has 3 aliphatic rings. The normalized spacial score (nSPS) is 25.2. The molecule has 1 aliphatic carbocycles. The topological polar surface area (TPSA) is 129 Å². The summed E-state index contributed by atoms with van der Waals surface area (Å²) in [6, 6.07) is -0.0220. The van der Waals surface area contributed by atoms with Gasteiger partial charge in [-0.15, -0.1) is 0 Å². The van der Waals surface area contributed by atoms with Crippen molar-refractivity contribution in [3.05, 3.63) is 27.8 Å². The molecule has 11 nitrogen and oxygen atoms in total. The van der Waals surface area contributed by atoms with Gasteiger partial charge in [0, 0.05) is 6.04 Å². The number of methoxy groups -OCH3 is 3. The molecule has 3 amide bonds. The molecule has 0 bridgehead atoms. The summed E-state index contributed by atoms with van der Waals surface area (Å²) in [5.41, 5.74) is -0.231. The number of nitrogens with zero attached hydrogens (tertiary/aromatic N) is 3. The molecule has 2 saturated heterocycles. The minimum atomic E-state index is -1.05. The van der Waals surface area contributed by atoms with E-state index in [1.54, 1.807) is 0 Å². The molecule has 2 aliphatic heterocycles. The lowest BCUT2D eigenvalue weighted by Gasteiger charge is -2.32. The number of urea groups is 1. The van der Waals surface area contributed by atoms with Gasteiger partial charge in [-0.1, -0.05) is 19.3 Å². The lowest BCUT2D eigenvalue weighted by Crippen LogP contribution is -2.44. The Morgan fingerprint density at radius 2 is 1.70 bits per heavy atom. The highest BCUT2D eigenvalue weighted by molar-refractivity contribution is 6.06. The zero-order valence-corrected chi connectivity index (χ0v) is 18.8. The molecule has 3 atom stereocenters. The molecule has 0 spiro atoms. The highest BCUT2D eigenvalue weighted by Gasteiger charge is 2.60. The van der Waals surface area contributed by atoms with Crippen molar-refractivity contribution in [2.45, 2.75) is 56.7 Å². The summed E-state index contributed by atoms with van der Waals surface area (Å²) in [6.45, 7) is 0. The van der Waals surface area contributed by atoms with Crippen molar-refractivity contribution in [3.63, 3.8) is 0 Å². The molecular weight excluding hydrogens is 434 g/mol. The van der Waals surface area contributed by atoms with Crippen LogP contribution < -0.4 is 9.47 Å². The van der Waals surface area contributed by atoms with Crippen molar-refractivity contribution in [1.29, 1.82) is 0 Å². The van der Waals surface area contributed by atoms with Crippen LogP contribution in [0.1, 0.15) is 50.1 Å². The largest absolute Gasteiger partial charge is 0.493 e. The van der Waals surface area contributed by atoms with Crippen molar-refractivity contribution in [2.24, 2.45) is 5.92 Å². The van der Waals surface area contributed by atoms with Gasteiger partial charge in [-0.05, 0) is 25.3 Å². The molecule has 178 valence electrons. The first-order chi connectivity index (χ1) is 15.8. The van der Waals surface area contributed by atoms with Gasteiger partial charge < -0.3 is 19.1 Å². The van der Waals surface area contributed by atoms with Gasteiger partial charge >= 0.3 is 12.0 Å². The third-order valence-electron chi connectivity index (χ3n) is 6.94. The number of esters is 1. The van der Waals surface area contributed by atoms with Crippen molar-refractivity contribution in [2.75, 3.05) is 21.3 Å². The summed E-state index contributed by atoms with van der Waals surface area (Å²) >= 11 is 0. The van der Waals surface area contributed by atoms with E-state index in [0.29, 0.717) is 0 Å². The van der Waals surface area contributed by atoms with Crippen molar-refractivity contribution in [3.8, 4) is 11.5 Å². The van der Waals surface area contributed by atoms with Crippen LogP contribution >= 0.6 is 0 Å². The molecule has 2 heterocycles. The summed E-state index contributed by atoms with van der Waals surface area (Å²) in [5.74, 6) is -1.56. The summed E-state index contributed by atoms with van der Waals surface area (Å²) in [7, 11) is 3.96. The van der Waals surface area contributed by atoms with Crippen LogP contribution in [0.15, 0.2) is 12.1 Å². The number of amides is 3. The van der Waals surface area contributed by atoms with Gasteiger partial charge in [-0.2, -0.15) is 0 Å². The molecule has 3 unspecified atom stereocenters. The highest BCUT2D eigenvalue weighted by Crippen LogP contribution is 2.50. The average Bonchev–Trinajstić information content (AvgIpc) is 3.33. The first-order valence-electron chi connectivity index (χ1n) is 11.0. The predicted octanol–water partition coefficient (Wildman–Crippen LogP) is 2.81. The number of nitro groups is 1. The summed E-state index contributed by atoms with van der Waals surface area (Å²) < 4.78 is 15.5. The Kier molecular flexibility index (Phi) is 6.13. The van der Waals surface area contributed by atoms with Crippen LogP contribution in [0.3, 0.4) is 0 Å². The maximum Gasteiger partial charge on any atom is 0.328 e. The van der Waals surface area contributed by atoms with Crippen LogP contribution in [0.5, 0.6) is 11.5 Å². The Morgan fingerprint density at radius 1 is 1.06 bits per heavy atom. The Balaban J connectivity index is 1.83. The van der Waals surface area contributed by atoms with Crippen LogP contribution in [0.25, 0.3) is 0 Å². The molecule has 0 aromatic heterocycles.